The Morgan fingerprint density at radius 1 is 1.13 bits per heavy atom. The molecule has 1 aromatic rings. The minimum atomic E-state index is -4.79. The molecular weight excluding hydrogens is 415 g/mol. The minimum absolute atomic E-state index is 0.121. The number of anilines is 1. The van der Waals surface area contributed by atoms with Crippen LogP contribution in [0, 0.1) is 0 Å². The van der Waals surface area contributed by atoms with E-state index in [1.165, 1.54) is 17.0 Å². The van der Waals surface area contributed by atoms with Gasteiger partial charge in [-0.25, -0.2) is 4.79 Å². The Kier molecular flexibility index (Phi) is 6.40. The summed E-state index contributed by atoms with van der Waals surface area (Å²) in [6.45, 7) is 9.30. The summed E-state index contributed by atoms with van der Waals surface area (Å²) in [6.07, 6.45) is -4.58. The van der Waals surface area contributed by atoms with Crippen LogP contribution in [-0.2, 0) is 16.0 Å². The number of nitrogens with zero attached hydrogens (tertiary/aromatic N) is 3. The van der Waals surface area contributed by atoms with Gasteiger partial charge in [0.1, 0.15) is 11.4 Å². The number of hydrogen-bond acceptors (Lipinski definition) is 5. The van der Waals surface area contributed by atoms with Crippen molar-refractivity contribution in [2.45, 2.75) is 52.1 Å². The second-order valence-corrected chi connectivity index (χ2v) is 8.89. The third kappa shape index (κ3) is 6.03. The summed E-state index contributed by atoms with van der Waals surface area (Å²) in [5.74, 6) is -0.536. The lowest BCUT2D eigenvalue weighted by molar-refractivity contribution is -0.274. The summed E-state index contributed by atoms with van der Waals surface area (Å²) in [6, 6.07) is 3.95. The van der Waals surface area contributed by atoms with Gasteiger partial charge in [-0.2, -0.15) is 0 Å². The van der Waals surface area contributed by atoms with Gasteiger partial charge < -0.3 is 19.3 Å². The summed E-state index contributed by atoms with van der Waals surface area (Å²) in [5, 5.41) is 0. The normalized spacial score (nSPS) is 19.9. The van der Waals surface area contributed by atoms with E-state index in [4.69, 9.17) is 4.74 Å². The van der Waals surface area contributed by atoms with Gasteiger partial charge >= 0.3 is 12.5 Å². The molecule has 172 valence electrons. The van der Waals surface area contributed by atoms with Crippen molar-refractivity contribution in [1.82, 2.24) is 9.80 Å². The third-order valence-corrected chi connectivity index (χ3v) is 5.19. The Bertz CT molecular complexity index is 838. The molecule has 2 aliphatic heterocycles. The fraction of sp³-hybridized carbons (Fsp3) is 0.619. The maximum atomic E-state index is 12.9. The van der Waals surface area contributed by atoms with Crippen molar-refractivity contribution in [3.63, 3.8) is 0 Å². The molecule has 7 nitrogen and oxygen atoms in total. The fourth-order valence-electron chi connectivity index (χ4n) is 3.86. The lowest BCUT2D eigenvalue weighted by Crippen LogP contribution is -2.56. The number of piperazine rings is 1. The first kappa shape index (κ1) is 23.2. The standard InChI is InChI=1S/C21H28F3N3O4/c1-14-12-25(9-10-26(14)19(29)31-20(2,3)4)13-18(28)27-8-7-15-5-6-16(11-17(15)27)30-21(22,23)24/h5-6,11,14H,7-10,12-13H2,1-4H3. The monoisotopic (exact) mass is 443 g/mol. The van der Waals surface area contributed by atoms with Gasteiger partial charge in [0, 0.05) is 38.3 Å². The van der Waals surface area contributed by atoms with Crippen LogP contribution in [0.4, 0.5) is 23.7 Å². The first-order chi connectivity index (χ1) is 14.3. The smallest absolute Gasteiger partial charge is 0.444 e. The minimum Gasteiger partial charge on any atom is -0.444 e. The topological polar surface area (TPSA) is 62.3 Å². The SMILES string of the molecule is CC1CN(CC(=O)N2CCc3ccc(OC(F)(F)F)cc32)CCN1C(=O)OC(C)(C)C. The van der Waals surface area contributed by atoms with E-state index in [9.17, 15) is 22.8 Å². The molecule has 0 radical (unpaired) electrons. The molecule has 31 heavy (non-hydrogen) atoms. The van der Waals surface area contributed by atoms with E-state index in [1.54, 1.807) is 11.0 Å². The predicted molar refractivity (Wildman–Crippen MR) is 108 cm³/mol. The van der Waals surface area contributed by atoms with Crippen LogP contribution in [0.1, 0.15) is 33.3 Å². The van der Waals surface area contributed by atoms with Crippen LogP contribution in [0.5, 0.6) is 5.75 Å². The Morgan fingerprint density at radius 2 is 1.84 bits per heavy atom. The molecule has 0 aromatic heterocycles. The quantitative estimate of drug-likeness (QED) is 0.717. The molecule has 1 atom stereocenters. The van der Waals surface area contributed by atoms with E-state index in [2.05, 4.69) is 4.74 Å². The van der Waals surface area contributed by atoms with Crippen LogP contribution in [0.25, 0.3) is 0 Å². The van der Waals surface area contributed by atoms with Gasteiger partial charge in [-0.05, 0) is 45.7 Å². The molecular formula is C21H28F3N3O4. The number of ether oxygens (including phenoxy) is 2. The van der Waals surface area contributed by atoms with Gasteiger partial charge in [0.05, 0.1) is 12.2 Å². The number of fused-ring (bicyclic) bond motifs is 1. The molecule has 1 unspecified atom stereocenters. The number of amides is 2. The molecule has 2 heterocycles. The van der Waals surface area contributed by atoms with Crippen molar-refractivity contribution < 1.29 is 32.2 Å². The van der Waals surface area contributed by atoms with Gasteiger partial charge in [0.2, 0.25) is 5.91 Å². The van der Waals surface area contributed by atoms with E-state index in [1.807, 2.05) is 32.6 Å². The summed E-state index contributed by atoms with van der Waals surface area (Å²) in [7, 11) is 0. The number of benzene rings is 1. The lowest BCUT2D eigenvalue weighted by atomic mass is 10.1. The molecule has 0 bridgehead atoms. The highest BCUT2D eigenvalue weighted by atomic mass is 19.4. The molecule has 3 rings (SSSR count). The van der Waals surface area contributed by atoms with E-state index in [-0.39, 0.29) is 30.3 Å². The Labute approximate surface area is 179 Å². The van der Waals surface area contributed by atoms with Crippen molar-refractivity contribution in [3.05, 3.63) is 23.8 Å². The highest BCUT2D eigenvalue weighted by molar-refractivity contribution is 5.97. The van der Waals surface area contributed by atoms with Crippen molar-refractivity contribution in [3.8, 4) is 5.75 Å². The lowest BCUT2D eigenvalue weighted by Gasteiger charge is -2.40. The number of halogens is 3. The first-order valence-electron chi connectivity index (χ1n) is 10.2. The first-order valence-corrected chi connectivity index (χ1v) is 10.2. The molecule has 1 saturated heterocycles. The van der Waals surface area contributed by atoms with Crippen LogP contribution in [0.15, 0.2) is 18.2 Å². The molecule has 2 aliphatic rings. The van der Waals surface area contributed by atoms with Gasteiger partial charge in [-0.3, -0.25) is 9.69 Å². The zero-order chi connectivity index (χ0) is 23.0. The van der Waals surface area contributed by atoms with Crippen LogP contribution in [-0.4, -0.2) is 72.5 Å². The molecule has 1 fully saturated rings. The molecule has 0 saturated carbocycles. The number of carbonyl (C=O) groups is 2. The van der Waals surface area contributed by atoms with E-state index in [0.29, 0.717) is 38.3 Å². The van der Waals surface area contributed by atoms with Crippen LogP contribution >= 0.6 is 0 Å². The van der Waals surface area contributed by atoms with Crippen molar-refractivity contribution in [1.29, 1.82) is 0 Å². The van der Waals surface area contributed by atoms with E-state index < -0.39 is 12.0 Å². The second-order valence-electron chi connectivity index (χ2n) is 8.89. The van der Waals surface area contributed by atoms with Crippen LogP contribution in [0.2, 0.25) is 0 Å². The molecule has 0 N–H and O–H groups in total. The van der Waals surface area contributed by atoms with Crippen molar-refractivity contribution in [2.24, 2.45) is 0 Å². The highest BCUT2D eigenvalue weighted by Gasteiger charge is 2.34. The van der Waals surface area contributed by atoms with E-state index in [0.717, 1.165) is 5.56 Å². The number of hydrogen-bond donors (Lipinski definition) is 0. The van der Waals surface area contributed by atoms with Crippen LogP contribution in [0.3, 0.4) is 0 Å². The average Bonchev–Trinajstić information content (AvgIpc) is 3.02. The zero-order valence-corrected chi connectivity index (χ0v) is 18.2. The van der Waals surface area contributed by atoms with Crippen molar-refractivity contribution in [2.75, 3.05) is 37.6 Å². The maximum Gasteiger partial charge on any atom is 0.573 e. The molecule has 2 amide bonds. The summed E-state index contributed by atoms with van der Waals surface area (Å²) >= 11 is 0. The van der Waals surface area contributed by atoms with Gasteiger partial charge in [-0.1, -0.05) is 6.07 Å². The largest absolute Gasteiger partial charge is 0.573 e. The number of rotatable bonds is 3. The summed E-state index contributed by atoms with van der Waals surface area (Å²) in [4.78, 5) is 30.3. The fourth-order valence-corrected chi connectivity index (χ4v) is 3.86. The van der Waals surface area contributed by atoms with Crippen LogP contribution < -0.4 is 9.64 Å². The van der Waals surface area contributed by atoms with Gasteiger partial charge in [0.25, 0.3) is 0 Å². The van der Waals surface area contributed by atoms with Gasteiger partial charge in [-0.15, -0.1) is 13.2 Å². The third-order valence-electron chi connectivity index (χ3n) is 5.19. The number of alkyl halides is 3. The predicted octanol–water partition coefficient (Wildman–Crippen LogP) is 3.42. The van der Waals surface area contributed by atoms with Crippen molar-refractivity contribution >= 4 is 17.7 Å². The Morgan fingerprint density at radius 3 is 2.45 bits per heavy atom. The van der Waals surface area contributed by atoms with Gasteiger partial charge in [0.15, 0.2) is 0 Å². The Hall–Kier alpha value is -2.49. The Balaban J connectivity index is 1.60. The van der Waals surface area contributed by atoms with E-state index >= 15 is 0 Å². The number of carbonyl (C=O) groups excluding carboxylic acids is 2. The summed E-state index contributed by atoms with van der Waals surface area (Å²) in [5.41, 5.74) is 0.681. The maximum absolute atomic E-state index is 12.9. The zero-order valence-electron chi connectivity index (χ0n) is 18.2. The molecule has 10 heteroatoms. The second kappa shape index (κ2) is 8.57. The average molecular weight is 443 g/mol. The molecule has 0 spiro atoms. The highest BCUT2D eigenvalue weighted by Crippen LogP contribution is 2.34. The molecule has 0 aliphatic carbocycles. The summed E-state index contributed by atoms with van der Waals surface area (Å²) < 4.78 is 47.0. The molecule has 1 aromatic carbocycles.